The number of nitrogens with zero attached hydrogens (tertiary/aromatic N) is 4. The van der Waals surface area contributed by atoms with Gasteiger partial charge in [0.2, 0.25) is 0 Å². The average molecular weight is 440 g/mol. The average Bonchev–Trinajstić information content (AvgIpc) is 2.71. The topological polar surface area (TPSA) is 121 Å². The molecular weight excluding hydrogens is 418 g/mol. The highest BCUT2D eigenvalue weighted by Gasteiger charge is 2.27. The molecule has 3 aromatic rings. The van der Waals surface area contributed by atoms with Crippen LogP contribution in [0.2, 0.25) is 5.15 Å². The van der Waals surface area contributed by atoms with E-state index in [1.807, 2.05) is 19.9 Å². The van der Waals surface area contributed by atoms with Gasteiger partial charge in [-0.2, -0.15) is 5.26 Å². The zero-order valence-electron chi connectivity index (χ0n) is 17.8. The molecule has 2 aromatic heterocycles. The van der Waals surface area contributed by atoms with Crippen molar-refractivity contribution in [3.63, 3.8) is 0 Å². The number of rotatable bonds is 5. The third-order valence-corrected chi connectivity index (χ3v) is 5.31. The van der Waals surface area contributed by atoms with E-state index in [-0.39, 0.29) is 16.4 Å². The molecule has 0 spiro atoms. The predicted molar refractivity (Wildman–Crippen MR) is 119 cm³/mol. The molecule has 0 bridgehead atoms. The number of benzene rings is 1. The van der Waals surface area contributed by atoms with Crippen molar-refractivity contribution in [3.8, 4) is 6.07 Å². The van der Waals surface area contributed by atoms with Crippen LogP contribution < -0.4 is 10.9 Å². The normalized spacial score (nSPS) is 12.4. The fraction of sp³-hybridized carbons (Fsp3) is 0.318. The molecule has 160 valence electrons. The minimum atomic E-state index is -1.21. The van der Waals surface area contributed by atoms with Gasteiger partial charge in [0.25, 0.3) is 5.56 Å². The Labute approximate surface area is 184 Å². The lowest BCUT2D eigenvalue weighted by Crippen LogP contribution is -2.31. The largest absolute Gasteiger partial charge is 0.476 e. The monoisotopic (exact) mass is 439 g/mol. The van der Waals surface area contributed by atoms with E-state index < -0.39 is 17.4 Å². The van der Waals surface area contributed by atoms with Gasteiger partial charge in [0, 0.05) is 12.6 Å². The number of pyridine rings is 1. The van der Waals surface area contributed by atoms with Crippen LogP contribution in [0, 0.1) is 18.3 Å². The van der Waals surface area contributed by atoms with Crippen molar-refractivity contribution in [2.24, 2.45) is 7.05 Å². The Hall–Kier alpha value is -3.44. The second-order valence-electron chi connectivity index (χ2n) is 7.99. The zero-order chi connectivity index (χ0) is 23.1. The highest BCUT2D eigenvalue weighted by molar-refractivity contribution is 6.29. The van der Waals surface area contributed by atoms with E-state index in [1.165, 1.54) is 10.6 Å². The van der Waals surface area contributed by atoms with E-state index >= 15 is 0 Å². The zero-order valence-corrected chi connectivity index (χ0v) is 18.6. The number of aromatic carboxylic acids is 1. The molecule has 9 heteroatoms. The molecule has 1 atom stereocenters. The number of nitrogens with one attached hydrogen (secondary N) is 1. The number of hydrogen-bond donors (Lipinski definition) is 2. The van der Waals surface area contributed by atoms with E-state index in [0.29, 0.717) is 28.0 Å². The minimum absolute atomic E-state index is 0.0742. The van der Waals surface area contributed by atoms with Crippen molar-refractivity contribution in [1.82, 2.24) is 14.5 Å². The van der Waals surface area contributed by atoms with Gasteiger partial charge in [-0.3, -0.25) is 9.36 Å². The summed E-state index contributed by atoms with van der Waals surface area (Å²) in [7, 11) is 1.60. The molecule has 8 nitrogen and oxygen atoms in total. The molecule has 0 saturated carbocycles. The molecule has 2 heterocycles. The lowest BCUT2D eigenvalue weighted by atomic mass is 9.93. The Morgan fingerprint density at radius 1 is 1.32 bits per heavy atom. The molecule has 0 radical (unpaired) electrons. The number of carboxylic acids is 1. The number of aryl methyl sites for hydroxylation is 1. The summed E-state index contributed by atoms with van der Waals surface area (Å²) in [4.78, 5) is 33.2. The van der Waals surface area contributed by atoms with E-state index in [2.05, 4.69) is 16.4 Å². The highest BCUT2D eigenvalue weighted by atomic mass is 35.5. The maximum Gasteiger partial charge on any atom is 0.356 e. The summed E-state index contributed by atoms with van der Waals surface area (Å²) in [6.07, 6.45) is 0. The quantitative estimate of drug-likeness (QED) is 0.577. The maximum absolute atomic E-state index is 13.1. The Bertz CT molecular complexity index is 1310. The van der Waals surface area contributed by atoms with Crippen LogP contribution in [0.15, 0.2) is 29.1 Å². The minimum Gasteiger partial charge on any atom is -0.476 e. The van der Waals surface area contributed by atoms with Crippen molar-refractivity contribution in [2.75, 3.05) is 5.32 Å². The fourth-order valence-corrected chi connectivity index (χ4v) is 3.66. The second kappa shape index (κ2) is 8.00. The maximum atomic E-state index is 13.1. The number of carboxylic acid groups (broad SMARTS) is 1. The van der Waals surface area contributed by atoms with E-state index in [0.717, 1.165) is 5.56 Å². The van der Waals surface area contributed by atoms with Gasteiger partial charge in [0.1, 0.15) is 16.4 Å². The Kier molecular flexibility index (Phi) is 5.74. The smallest absolute Gasteiger partial charge is 0.356 e. The molecule has 0 unspecified atom stereocenters. The molecule has 0 aliphatic rings. The number of aromatic nitrogens is 3. The SMILES string of the molecule is Cc1cc([C@@H](C)Nc2ccc(Cl)nc2C(=O)O)c2nc(C(C)(C)C#N)n(C)c(=O)c2c1. The van der Waals surface area contributed by atoms with Crippen molar-refractivity contribution >= 4 is 34.2 Å². The van der Waals surface area contributed by atoms with Crippen LogP contribution in [-0.2, 0) is 12.5 Å². The second-order valence-corrected chi connectivity index (χ2v) is 8.38. The van der Waals surface area contributed by atoms with Gasteiger partial charge in [0.15, 0.2) is 5.69 Å². The third-order valence-electron chi connectivity index (χ3n) is 5.10. The molecule has 0 aliphatic carbocycles. The van der Waals surface area contributed by atoms with Gasteiger partial charge in [-0.15, -0.1) is 0 Å². The van der Waals surface area contributed by atoms with Gasteiger partial charge < -0.3 is 10.4 Å². The van der Waals surface area contributed by atoms with E-state index in [9.17, 15) is 20.0 Å². The lowest BCUT2D eigenvalue weighted by Gasteiger charge is -2.22. The number of halogens is 1. The third kappa shape index (κ3) is 4.09. The van der Waals surface area contributed by atoms with Gasteiger partial charge in [0.05, 0.1) is 28.7 Å². The Morgan fingerprint density at radius 2 is 2.00 bits per heavy atom. The highest BCUT2D eigenvalue weighted by Crippen LogP contribution is 2.29. The van der Waals surface area contributed by atoms with Crippen LogP contribution in [0.4, 0.5) is 5.69 Å². The van der Waals surface area contributed by atoms with Crippen LogP contribution in [0.3, 0.4) is 0 Å². The van der Waals surface area contributed by atoms with Gasteiger partial charge >= 0.3 is 5.97 Å². The van der Waals surface area contributed by atoms with Gasteiger partial charge in [-0.25, -0.2) is 14.8 Å². The molecule has 0 amide bonds. The summed E-state index contributed by atoms with van der Waals surface area (Å²) >= 11 is 5.84. The molecule has 3 rings (SSSR count). The number of anilines is 1. The van der Waals surface area contributed by atoms with Crippen LogP contribution >= 0.6 is 11.6 Å². The number of nitriles is 1. The van der Waals surface area contributed by atoms with Gasteiger partial charge in [-0.05, 0) is 51.5 Å². The summed E-state index contributed by atoms with van der Waals surface area (Å²) < 4.78 is 1.40. The molecule has 1 aromatic carbocycles. The summed E-state index contributed by atoms with van der Waals surface area (Å²) in [5.74, 6) is -0.861. The lowest BCUT2D eigenvalue weighted by molar-refractivity contribution is 0.0691. The summed E-state index contributed by atoms with van der Waals surface area (Å²) in [5, 5.41) is 22.7. The summed E-state index contributed by atoms with van der Waals surface area (Å²) in [6, 6.07) is 8.47. The molecule has 0 fully saturated rings. The van der Waals surface area contributed by atoms with E-state index in [4.69, 9.17) is 16.6 Å². The van der Waals surface area contributed by atoms with Crippen LogP contribution in [0.1, 0.15) is 54.3 Å². The van der Waals surface area contributed by atoms with Crippen LogP contribution in [0.5, 0.6) is 0 Å². The number of fused-ring (bicyclic) bond motifs is 1. The summed E-state index contributed by atoms with van der Waals surface area (Å²) in [6.45, 7) is 7.11. The van der Waals surface area contributed by atoms with E-state index in [1.54, 1.807) is 33.0 Å². The number of carbonyl (C=O) groups is 1. The van der Waals surface area contributed by atoms with Crippen LogP contribution in [0.25, 0.3) is 10.9 Å². The Balaban J connectivity index is 2.22. The van der Waals surface area contributed by atoms with Crippen molar-refractivity contribution < 1.29 is 9.90 Å². The first-order valence-corrected chi connectivity index (χ1v) is 9.93. The number of hydrogen-bond acceptors (Lipinski definition) is 6. The van der Waals surface area contributed by atoms with Crippen molar-refractivity contribution in [3.05, 3.63) is 62.4 Å². The van der Waals surface area contributed by atoms with Crippen molar-refractivity contribution in [2.45, 2.75) is 39.2 Å². The first-order valence-electron chi connectivity index (χ1n) is 9.55. The molecular formula is C22H22ClN5O3. The predicted octanol–water partition coefficient (Wildman–Crippen LogP) is 3.96. The fourth-order valence-electron chi connectivity index (χ4n) is 3.52. The Morgan fingerprint density at radius 3 is 2.61 bits per heavy atom. The summed E-state index contributed by atoms with van der Waals surface area (Å²) in [5.41, 5.74) is 0.888. The molecule has 31 heavy (non-hydrogen) atoms. The first kappa shape index (κ1) is 22.2. The molecule has 0 aliphatic heterocycles. The standard InChI is InChI=1S/C22H22ClN5O3/c1-11-8-13(12(2)25-15-6-7-16(23)26-18(15)20(30)31)17-14(9-11)19(29)28(5)21(27-17)22(3,4)10-24/h6-9,12,25H,1-5H3,(H,30,31)/t12-/m1/s1. The van der Waals surface area contributed by atoms with Gasteiger partial charge in [-0.1, -0.05) is 17.7 Å². The molecule has 2 N–H and O–H groups in total. The first-order chi connectivity index (χ1) is 14.5. The molecule has 0 saturated heterocycles. The van der Waals surface area contributed by atoms with Crippen LogP contribution in [-0.4, -0.2) is 25.6 Å². The van der Waals surface area contributed by atoms with Crippen molar-refractivity contribution in [1.29, 1.82) is 5.26 Å².